The van der Waals surface area contributed by atoms with Crippen LogP contribution in [0.15, 0.2) is 0 Å². The molecule has 2 atom stereocenters. The summed E-state index contributed by atoms with van der Waals surface area (Å²) >= 11 is 0. The van der Waals surface area contributed by atoms with E-state index in [9.17, 15) is 14.7 Å². The van der Waals surface area contributed by atoms with Crippen LogP contribution < -0.4 is 0 Å². The minimum absolute atomic E-state index is 0.0605. The third-order valence-electron chi connectivity index (χ3n) is 2.08. The van der Waals surface area contributed by atoms with Gasteiger partial charge in [0.1, 0.15) is 0 Å². The Labute approximate surface area is 69.6 Å². The summed E-state index contributed by atoms with van der Waals surface area (Å²) in [4.78, 5) is 22.3. The number of carbonyl (C=O) groups excluding carboxylic acids is 1. The van der Waals surface area contributed by atoms with Gasteiger partial charge in [-0.25, -0.2) is 4.79 Å². The second kappa shape index (κ2) is 3.10. The number of amides is 1. The van der Waals surface area contributed by atoms with Crippen LogP contribution in [0, 0.1) is 0 Å². The Morgan fingerprint density at radius 3 is 2.75 bits per heavy atom. The van der Waals surface area contributed by atoms with Crippen molar-refractivity contribution in [3.8, 4) is 0 Å². The number of rotatable bonds is 0. The quantitative estimate of drug-likeness (QED) is 0.526. The minimum Gasteiger partial charge on any atom is -0.465 e. The van der Waals surface area contributed by atoms with Gasteiger partial charge in [-0.2, -0.15) is 0 Å². The Morgan fingerprint density at radius 2 is 2.25 bits per heavy atom. The molecule has 1 saturated heterocycles. The van der Waals surface area contributed by atoms with Gasteiger partial charge in [0.15, 0.2) is 5.78 Å². The van der Waals surface area contributed by atoms with Crippen LogP contribution in [0.25, 0.3) is 0 Å². The highest BCUT2D eigenvalue weighted by Gasteiger charge is 2.33. The van der Waals surface area contributed by atoms with Gasteiger partial charge in [0.2, 0.25) is 0 Å². The Balaban J connectivity index is 2.72. The number of likely N-dealkylation sites (tertiary alicyclic amines) is 1. The standard InChI is InChI=1S/C7H11NO4/c1-4-6(10)2-5(9)3-8(4)7(11)12/h4,6,10H,2-3H2,1H3,(H,11,12)/t4-,6-/m0/s1. The number of Topliss-reactive ketones (excluding diaryl/α,β-unsaturated/α-hetero) is 1. The van der Waals surface area contributed by atoms with Gasteiger partial charge >= 0.3 is 6.09 Å². The molecule has 1 amide bonds. The van der Waals surface area contributed by atoms with E-state index in [0.717, 1.165) is 4.90 Å². The molecule has 5 nitrogen and oxygen atoms in total. The second-order valence-electron chi connectivity index (χ2n) is 2.96. The van der Waals surface area contributed by atoms with Gasteiger partial charge in [-0.05, 0) is 6.92 Å². The highest BCUT2D eigenvalue weighted by Crippen LogP contribution is 2.14. The number of ketones is 1. The minimum atomic E-state index is -1.16. The first-order valence-electron chi connectivity index (χ1n) is 3.71. The summed E-state index contributed by atoms with van der Waals surface area (Å²) < 4.78 is 0. The van der Waals surface area contributed by atoms with Gasteiger partial charge in [0, 0.05) is 6.42 Å². The van der Waals surface area contributed by atoms with Gasteiger partial charge in [-0.15, -0.1) is 0 Å². The van der Waals surface area contributed by atoms with Crippen LogP contribution in [0.2, 0.25) is 0 Å². The van der Waals surface area contributed by atoms with E-state index in [4.69, 9.17) is 5.11 Å². The van der Waals surface area contributed by atoms with E-state index in [-0.39, 0.29) is 18.7 Å². The van der Waals surface area contributed by atoms with Crippen LogP contribution in [0.5, 0.6) is 0 Å². The lowest BCUT2D eigenvalue weighted by Gasteiger charge is -2.33. The van der Waals surface area contributed by atoms with Crippen molar-refractivity contribution in [1.29, 1.82) is 0 Å². The maximum Gasteiger partial charge on any atom is 0.408 e. The van der Waals surface area contributed by atoms with Crippen molar-refractivity contribution in [1.82, 2.24) is 4.90 Å². The average molecular weight is 173 g/mol. The molecule has 0 bridgehead atoms. The maximum absolute atomic E-state index is 10.9. The molecule has 0 aliphatic carbocycles. The summed E-state index contributed by atoms with van der Waals surface area (Å²) in [6.45, 7) is 1.48. The molecule has 2 N–H and O–H groups in total. The molecule has 0 spiro atoms. The number of nitrogens with zero attached hydrogens (tertiary/aromatic N) is 1. The molecule has 12 heavy (non-hydrogen) atoms. The van der Waals surface area contributed by atoms with E-state index < -0.39 is 18.2 Å². The van der Waals surface area contributed by atoms with E-state index in [1.807, 2.05) is 0 Å². The Hall–Kier alpha value is -1.10. The normalized spacial score (nSPS) is 30.5. The summed E-state index contributed by atoms with van der Waals surface area (Å²) in [5, 5.41) is 17.8. The Bertz CT molecular complexity index is 213. The van der Waals surface area contributed by atoms with Crippen LogP contribution in [-0.2, 0) is 4.79 Å². The average Bonchev–Trinajstić information content (AvgIpc) is 1.96. The number of hydrogen-bond donors (Lipinski definition) is 2. The Morgan fingerprint density at radius 1 is 1.67 bits per heavy atom. The lowest BCUT2D eigenvalue weighted by atomic mass is 10.0. The number of carboxylic acid groups (broad SMARTS) is 1. The highest BCUT2D eigenvalue weighted by atomic mass is 16.4. The van der Waals surface area contributed by atoms with E-state index in [2.05, 4.69) is 0 Å². The first-order chi connectivity index (χ1) is 5.52. The number of aliphatic hydroxyl groups excluding tert-OH is 1. The smallest absolute Gasteiger partial charge is 0.408 e. The lowest BCUT2D eigenvalue weighted by Crippen LogP contribution is -2.52. The lowest BCUT2D eigenvalue weighted by molar-refractivity contribution is -0.127. The summed E-state index contributed by atoms with van der Waals surface area (Å²) in [5.41, 5.74) is 0. The third kappa shape index (κ3) is 1.55. The van der Waals surface area contributed by atoms with Gasteiger partial charge in [-0.1, -0.05) is 0 Å². The molecule has 0 unspecified atom stereocenters. The fraction of sp³-hybridized carbons (Fsp3) is 0.714. The van der Waals surface area contributed by atoms with Crippen molar-refractivity contribution in [2.45, 2.75) is 25.5 Å². The van der Waals surface area contributed by atoms with Crippen LogP contribution in [0.4, 0.5) is 4.79 Å². The number of aliphatic hydroxyl groups is 1. The van der Waals surface area contributed by atoms with Crippen molar-refractivity contribution in [3.63, 3.8) is 0 Å². The fourth-order valence-electron chi connectivity index (χ4n) is 1.25. The Kier molecular flexibility index (Phi) is 2.32. The van der Waals surface area contributed by atoms with E-state index >= 15 is 0 Å². The molecule has 1 rings (SSSR count). The fourth-order valence-corrected chi connectivity index (χ4v) is 1.25. The second-order valence-corrected chi connectivity index (χ2v) is 2.96. The van der Waals surface area contributed by atoms with Crippen LogP contribution in [-0.4, -0.2) is 45.7 Å². The van der Waals surface area contributed by atoms with E-state index in [1.165, 1.54) is 0 Å². The molecule has 0 saturated carbocycles. The molecule has 1 aliphatic rings. The molecule has 1 aliphatic heterocycles. The molecule has 0 aromatic heterocycles. The molecule has 0 aromatic carbocycles. The first-order valence-corrected chi connectivity index (χ1v) is 3.71. The molecule has 1 fully saturated rings. The highest BCUT2D eigenvalue weighted by molar-refractivity contribution is 5.85. The zero-order chi connectivity index (χ0) is 9.30. The molecular formula is C7H11NO4. The van der Waals surface area contributed by atoms with Crippen molar-refractivity contribution in [3.05, 3.63) is 0 Å². The monoisotopic (exact) mass is 173 g/mol. The van der Waals surface area contributed by atoms with Gasteiger partial charge in [-0.3, -0.25) is 9.69 Å². The van der Waals surface area contributed by atoms with Crippen LogP contribution >= 0.6 is 0 Å². The van der Waals surface area contributed by atoms with E-state index in [1.54, 1.807) is 6.92 Å². The van der Waals surface area contributed by atoms with Crippen molar-refractivity contribution in [2.75, 3.05) is 6.54 Å². The van der Waals surface area contributed by atoms with Crippen molar-refractivity contribution < 1.29 is 19.8 Å². The van der Waals surface area contributed by atoms with Crippen molar-refractivity contribution in [2.24, 2.45) is 0 Å². The summed E-state index contributed by atoms with van der Waals surface area (Å²) in [5.74, 6) is -0.233. The number of carbonyl (C=O) groups is 2. The summed E-state index contributed by atoms with van der Waals surface area (Å²) in [6.07, 6.45) is -1.96. The molecule has 5 heteroatoms. The molecule has 1 heterocycles. The molecule has 0 radical (unpaired) electrons. The molecule has 0 aromatic rings. The maximum atomic E-state index is 10.9. The SMILES string of the molecule is C[C@H]1[C@@H](O)CC(=O)CN1C(=O)O. The zero-order valence-corrected chi connectivity index (χ0v) is 6.73. The zero-order valence-electron chi connectivity index (χ0n) is 6.73. The van der Waals surface area contributed by atoms with E-state index in [0.29, 0.717) is 0 Å². The third-order valence-corrected chi connectivity index (χ3v) is 2.08. The predicted octanol–water partition coefficient (Wildman–Crippen LogP) is -0.311. The molecular weight excluding hydrogens is 162 g/mol. The molecule has 68 valence electrons. The summed E-state index contributed by atoms with van der Waals surface area (Å²) in [6, 6.07) is -0.486. The topological polar surface area (TPSA) is 77.8 Å². The summed E-state index contributed by atoms with van der Waals surface area (Å²) in [7, 11) is 0. The van der Waals surface area contributed by atoms with Crippen LogP contribution in [0.3, 0.4) is 0 Å². The van der Waals surface area contributed by atoms with Crippen molar-refractivity contribution >= 4 is 11.9 Å². The van der Waals surface area contributed by atoms with Gasteiger partial charge in [0.25, 0.3) is 0 Å². The number of piperidine rings is 1. The van der Waals surface area contributed by atoms with Gasteiger partial charge in [0.05, 0.1) is 18.7 Å². The number of hydrogen-bond acceptors (Lipinski definition) is 3. The first kappa shape index (κ1) is 8.99. The van der Waals surface area contributed by atoms with Gasteiger partial charge < -0.3 is 10.2 Å². The largest absolute Gasteiger partial charge is 0.465 e. The van der Waals surface area contributed by atoms with Crippen LogP contribution in [0.1, 0.15) is 13.3 Å². The predicted molar refractivity (Wildman–Crippen MR) is 39.8 cm³/mol.